The number of carbonyl (C=O) groups excluding carboxylic acids is 1. The smallest absolute Gasteiger partial charge is 0.243 e. The van der Waals surface area contributed by atoms with Crippen molar-refractivity contribution in [1.29, 1.82) is 0 Å². The number of nitrogens with zero attached hydrogens (tertiary/aromatic N) is 1. The summed E-state index contributed by atoms with van der Waals surface area (Å²) in [7, 11) is -3.49. The lowest BCUT2D eigenvalue weighted by Crippen LogP contribution is -2.32. The van der Waals surface area contributed by atoms with Gasteiger partial charge in [-0.25, -0.2) is 8.42 Å². The first-order valence-corrected chi connectivity index (χ1v) is 11.4. The third-order valence-electron chi connectivity index (χ3n) is 5.57. The molecule has 0 radical (unpaired) electrons. The van der Waals surface area contributed by atoms with Crippen LogP contribution in [-0.4, -0.2) is 31.7 Å². The van der Waals surface area contributed by atoms with E-state index in [0.29, 0.717) is 31.1 Å². The van der Waals surface area contributed by atoms with E-state index >= 15 is 0 Å². The molecule has 1 aliphatic heterocycles. The fourth-order valence-electron chi connectivity index (χ4n) is 4.02. The summed E-state index contributed by atoms with van der Waals surface area (Å²) < 4.78 is 27.4. The van der Waals surface area contributed by atoms with Crippen LogP contribution in [-0.2, 0) is 14.8 Å². The van der Waals surface area contributed by atoms with E-state index in [-0.39, 0.29) is 10.8 Å². The number of rotatable bonds is 6. The van der Waals surface area contributed by atoms with Crippen LogP contribution < -0.4 is 5.32 Å². The first-order chi connectivity index (χ1) is 12.6. The lowest BCUT2D eigenvalue weighted by atomic mass is 10.0. The SMILES string of the molecule is O=C(CCC1CCCC1)Nc1cccc(S(=O)(=O)N2CCCCCC2)c1. The quantitative estimate of drug-likeness (QED) is 0.808. The van der Waals surface area contributed by atoms with Crippen LogP contribution in [0.5, 0.6) is 0 Å². The average molecular weight is 379 g/mol. The molecule has 2 fully saturated rings. The fraction of sp³-hybridized carbons (Fsp3) is 0.650. The molecule has 3 rings (SSSR count). The Morgan fingerprint density at radius 2 is 1.73 bits per heavy atom. The minimum atomic E-state index is -3.49. The third-order valence-corrected chi connectivity index (χ3v) is 7.47. The highest BCUT2D eigenvalue weighted by molar-refractivity contribution is 7.89. The maximum Gasteiger partial charge on any atom is 0.243 e. The van der Waals surface area contributed by atoms with Crippen molar-refractivity contribution < 1.29 is 13.2 Å². The van der Waals surface area contributed by atoms with Gasteiger partial charge in [0.05, 0.1) is 4.90 Å². The highest BCUT2D eigenvalue weighted by Gasteiger charge is 2.25. The van der Waals surface area contributed by atoms with Gasteiger partial charge in [0.2, 0.25) is 15.9 Å². The topological polar surface area (TPSA) is 66.5 Å². The summed E-state index contributed by atoms with van der Waals surface area (Å²) in [6.07, 6.45) is 10.5. The lowest BCUT2D eigenvalue weighted by Gasteiger charge is -2.20. The van der Waals surface area contributed by atoms with E-state index in [1.54, 1.807) is 28.6 Å². The molecule has 1 aromatic rings. The molecule has 1 heterocycles. The Balaban J connectivity index is 1.62. The molecule has 0 bridgehead atoms. The number of hydrogen-bond acceptors (Lipinski definition) is 3. The third kappa shape index (κ3) is 5.07. The Morgan fingerprint density at radius 3 is 2.42 bits per heavy atom. The minimum absolute atomic E-state index is 0.0266. The molecule has 0 spiro atoms. The predicted octanol–water partition coefficient (Wildman–Crippen LogP) is 4.16. The van der Waals surface area contributed by atoms with E-state index in [9.17, 15) is 13.2 Å². The van der Waals surface area contributed by atoms with E-state index < -0.39 is 10.0 Å². The number of nitrogens with one attached hydrogen (secondary N) is 1. The summed E-state index contributed by atoms with van der Waals surface area (Å²) in [5.74, 6) is 0.650. The van der Waals surface area contributed by atoms with Gasteiger partial charge in [-0.2, -0.15) is 4.31 Å². The molecule has 1 saturated carbocycles. The normalized spacial score (nSPS) is 20.0. The Kier molecular flexibility index (Phi) is 6.70. The summed E-state index contributed by atoms with van der Waals surface area (Å²) in [6.45, 7) is 1.17. The first-order valence-electron chi connectivity index (χ1n) is 9.96. The van der Waals surface area contributed by atoms with Gasteiger partial charge < -0.3 is 5.32 Å². The molecule has 1 aliphatic carbocycles. The van der Waals surface area contributed by atoms with Gasteiger partial charge in [0.1, 0.15) is 0 Å². The van der Waals surface area contributed by atoms with Gasteiger partial charge in [-0.15, -0.1) is 0 Å². The molecule has 6 heteroatoms. The van der Waals surface area contributed by atoms with Crippen LogP contribution in [0.4, 0.5) is 5.69 Å². The van der Waals surface area contributed by atoms with Crippen LogP contribution in [0.3, 0.4) is 0 Å². The fourth-order valence-corrected chi connectivity index (χ4v) is 5.59. The molecule has 1 saturated heterocycles. The summed E-state index contributed by atoms with van der Waals surface area (Å²) in [5, 5.41) is 2.87. The largest absolute Gasteiger partial charge is 0.326 e. The summed E-state index contributed by atoms with van der Waals surface area (Å²) in [6, 6.07) is 6.67. The van der Waals surface area contributed by atoms with Crippen LogP contribution in [0, 0.1) is 5.92 Å². The number of amides is 1. The van der Waals surface area contributed by atoms with E-state index in [0.717, 1.165) is 32.1 Å². The van der Waals surface area contributed by atoms with Crippen molar-refractivity contribution in [3.63, 3.8) is 0 Å². The first kappa shape index (κ1) is 19.4. The van der Waals surface area contributed by atoms with Crippen molar-refractivity contribution in [3.05, 3.63) is 24.3 Å². The van der Waals surface area contributed by atoms with E-state index in [2.05, 4.69) is 5.32 Å². The number of hydrogen-bond donors (Lipinski definition) is 1. The Hall–Kier alpha value is -1.40. The van der Waals surface area contributed by atoms with Crippen molar-refractivity contribution in [2.24, 2.45) is 5.92 Å². The predicted molar refractivity (Wildman–Crippen MR) is 103 cm³/mol. The zero-order valence-electron chi connectivity index (χ0n) is 15.5. The van der Waals surface area contributed by atoms with Crippen LogP contribution in [0.25, 0.3) is 0 Å². The second-order valence-corrected chi connectivity index (χ2v) is 9.52. The number of carbonyl (C=O) groups is 1. The van der Waals surface area contributed by atoms with E-state index in [1.807, 2.05) is 0 Å². The Bertz CT molecular complexity index is 704. The molecule has 5 nitrogen and oxygen atoms in total. The van der Waals surface area contributed by atoms with Gasteiger partial charge >= 0.3 is 0 Å². The highest BCUT2D eigenvalue weighted by Crippen LogP contribution is 2.29. The molecule has 0 atom stereocenters. The summed E-state index contributed by atoms with van der Waals surface area (Å²) >= 11 is 0. The van der Waals surface area contributed by atoms with Crippen molar-refractivity contribution in [1.82, 2.24) is 4.31 Å². The maximum atomic E-state index is 12.9. The monoisotopic (exact) mass is 378 g/mol. The zero-order valence-corrected chi connectivity index (χ0v) is 16.3. The number of benzene rings is 1. The average Bonchev–Trinajstić information content (AvgIpc) is 2.99. The molecule has 1 N–H and O–H groups in total. The Morgan fingerprint density at radius 1 is 1.04 bits per heavy atom. The van der Waals surface area contributed by atoms with Gasteiger partial charge in [-0.3, -0.25) is 4.79 Å². The Labute approximate surface area is 157 Å². The van der Waals surface area contributed by atoms with Crippen molar-refractivity contribution >= 4 is 21.6 Å². The van der Waals surface area contributed by atoms with Gasteiger partial charge in [0, 0.05) is 25.2 Å². The molecule has 26 heavy (non-hydrogen) atoms. The van der Waals surface area contributed by atoms with Gasteiger partial charge in [0.25, 0.3) is 0 Å². The van der Waals surface area contributed by atoms with Crippen LogP contribution in [0.2, 0.25) is 0 Å². The molecule has 2 aliphatic rings. The van der Waals surface area contributed by atoms with Gasteiger partial charge in [-0.1, -0.05) is 44.6 Å². The molecular weight excluding hydrogens is 348 g/mol. The molecule has 144 valence electrons. The van der Waals surface area contributed by atoms with Crippen LogP contribution >= 0.6 is 0 Å². The van der Waals surface area contributed by atoms with E-state index in [1.165, 1.54) is 25.7 Å². The van der Waals surface area contributed by atoms with Crippen molar-refractivity contribution in [2.45, 2.75) is 69.1 Å². The van der Waals surface area contributed by atoms with Crippen molar-refractivity contribution in [3.8, 4) is 0 Å². The minimum Gasteiger partial charge on any atom is -0.326 e. The molecule has 1 amide bonds. The van der Waals surface area contributed by atoms with Gasteiger partial charge in [-0.05, 0) is 43.4 Å². The van der Waals surface area contributed by atoms with E-state index in [4.69, 9.17) is 0 Å². The highest BCUT2D eigenvalue weighted by atomic mass is 32.2. The van der Waals surface area contributed by atoms with Crippen LogP contribution in [0.15, 0.2) is 29.2 Å². The number of anilines is 1. The van der Waals surface area contributed by atoms with Gasteiger partial charge in [0.15, 0.2) is 0 Å². The lowest BCUT2D eigenvalue weighted by molar-refractivity contribution is -0.116. The molecule has 0 aromatic heterocycles. The summed E-state index contributed by atoms with van der Waals surface area (Å²) in [5.41, 5.74) is 0.567. The second kappa shape index (κ2) is 9.00. The second-order valence-electron chi connectivity index (χ2n) is 7.58. The standard InChI is InChI=1S/C20H30N2O3S/c23-20(13-12-17-8-3-4-9-17)21-18-10-7-11-19(16-18)26(24,25)22-14-5-1-2-6-15-22/h7,10-11,16-17H,1-6,8-9,12-15H2,(H,21,23). The van der Waals surface area contributed by atoms with Crippen LogP contribution in [0.1, 0.15) is 64.2 Å². The maximum absolute atomic E-state index is 12.9. The number of sulfonamides is 1. The van der Waals surface area contributed by atoms with Crippen molar-refractivity contribution in [2.75, 3.05) is 18.4 Å². The molecule has 0 unspecified atom stereocenters. The molecular formula is C20H30N2O3S. The summed E-state index contributed by atoms with van der Waals surface area (Å²) in [4.78, 5) is 12.5. The zero-order chi connectivity index (χ0) is 18.4. The molecule has 1 aromatic carbocycles.